The Balaban J connectivity index is 1.75. The van der Waals surface area contributed by atoms with Gasteiger partial charge in [0.1, 0.15) is 5.41 Å². The average Bonchev–Trinajstić information content (AvgIpc) is 3.07. The average molecular weight is 410 g/mol. The maximum absolute atomic E-state index is 14.2. The molecule has 1 unspecified atom stereocenters. The van der Waals surface area contributed by atoms with E-state index in [1.165, 1.54) is 18.2 Å². The molecule has 3 aromatic rings. The highest BCUT2D eigenvalue weighted by atomic mass is 35.5. The lowest BCUT2D eigenvalue weighted by Crippen LogP contribution is -2.44. The van der Waals surface area contributed by atoms with Gasteiger partial charge in [0.15, 0.2) is 0 Å². The van der Waals surface area contributed by atoms with Crippen molar-refractivity contribution in [3.8, 4) is 0 Å². The first kappa shape index (κ1) is 18.5. The largest absolute Gasteiger partial charge is 0.400 e. The van der Waals surface area contributed by atoms with Gasteiger partial charge in [0.05, 0.1) is 0 Å². The zero-order valence-electron chi connectivity index (χ0n) is 14.2. The predicted octanol–water partition coefficient (Wildman–Crippen LogP) is 6.86. The number of hydrogen-bond donors (Lipinski definition) is 0. The van der Waals surface area contributed by atoms with Gasteiger partial charge in [0.2, 0.25) is 0 Å². The van der Waals surface area contributed by atoms with Gasteiger partial charge in [-0.3, -0.25) is 0 Å². The van der Waals surface area contributed by atoms with Crippen molar-refractivity contribution in [3.05, 3.63) is 76.3 Å². The Labute approximate surface area is 165 Å². The predicted molar refractivity (Wildman–Crippen MR) is 105 cm³/mol. The van der Waals surface area contributed by atoms with Crippen LogP contribution in [-0.4, -0.2) is 19.3 Å². The van der Waals surface area contributed by atoms with Crippen LogP contribution in [0.2, 0.25) is 10.0 Å². The normalized spacial score (nSPS) is 20.4. The molecule has 0 aliphatic carbocycles. The molecule has 1 atom stereocenters. The molecule has 140 valence electrons. The molecule has 1 heterocycles. The quantitative estimate of drug-likeness (QED) is 0.446. The van der Waals surface area contributed by atoms with E-state index in [9.17, 15) is 13.2 Å². The second-order valence-corrected chi connectivity index (χ2v) is 7.81. The number of halogens is 5. The van der Waals surface area contributed by atoms with Gasteiger partial charge in [0.25, 0.3) is 0 Å². The number of hydrogen-bond acceptors (Lipinski definition) is 1. The molecule has 1 aliphatic heterocycles. The molecule has 1 fully saturated rings. The van der Waals surface area contributed by atoms with E-state index in [1.54, 1.807) is 4.90 Å². The van der Waals surface area contributed by atoms with Gasteiger partial charge in [-0.15, -0.1) is 0 Å². The summed E-state index contributed by atoms with van der Waals surface area (Å²) in [7, 11) is 0. The van der Waals surface area contributed by atoms with Gasteiger partial charge in [-0.1, -0.05) is 53.5 Å². The van der Waals surface area contributed by atoms with Crippen molar-refractivity contribution in [2.75, 3.05) is 18.0 Å². The number of benzene rings is 3. The summed E-state index contributed by atoms with van der Waals surface area (Å²) in [6.45, 7) is 0.146. The summed E-state index contributed by atoms with van der Waals surface area (Å²) in [5, 5.41) is 2.49. The summed E-state index contributed by atoms with van der Waals surface area (Å²) in [6.07, 6.45) is -4.45. The molecule has 0 N–H and O–H groups in total. The third kappa shape index (κ3) is 3.26. The molecule has 0 aromatic heterocycles. The van der Waals surface area contributed by atoms with Crippen molar-refractivity contribution in [3.63, 3.8) is 0 Å². The summed E-state index contributed by atoms with van der Waals surface area (Å²) in [5.74, 6) is 0. The van der Waals surface area contributed by atoms with Gasteiger partial charge < -0.3 is 4.90 Å². The van der Waals surface area contributed by atoms with E-state index in [2.05, 4.69) is 0 Å². The van der Waals surface area contributed by atoms with E-state index in [0.717, 1.165) is 16.5 Å². The fourth-order valence-electron chi connectivity index (χ4n) is 3.86. The first-order valence-corrected chi connectivity index (χ1v) is 9.31. The van der Waals surface area contributed by atoms with E-state index in [-0.39, 0.29) is 28.6 Å². The van der Waals surface area contributed by atoms with Crippen LogP contribution >= 0.6 is 23.2 Å². The van der Waals surface area contributed by atoms with Crippen molar-refractivity contribution in [2.24, 2.45) is 0 Å². The number of anilines is 1. The minimum absolute atomic E-state index is 0.0417. The molecule has 4 rings (SSSR count). The third-order valence-corrected chi connectivity index (χ3v) is 5.76. The first-order chi connectivity index (χ1) is 12.8. The minimum Gasteiger partial charge on any atom is -0.370 e. The van der Waals surface area contributed by atoms with Crippen molar-refractivity contribution < 1.29 is 13.2 Å². The lowest BCUT2D eigenvalue weighted by molar-refractivity contribution is -0.184. The molecule has 0 spiro atoms. The Hall–Kier alpha value is -1.91. The highest BCUT2D eigenvalue weighted by Crippen LogP contribution is 2.49. The highest BCUT2D eigenvalue weighted by molar-refractivity contribution is 6.34. The van der Waals surface area contributed by atoms with E-state index < -0.39 is 11.6 Å². The Morgan fingerprint density at radius 3 is 2.19 bits per heavy atom. The zero-order valence-corrected chi connectivity index (χ0v) is 15.7. The van der Waals surface area contributed by atoms with Gasteiger partial charge >= 0.3 is 6.18 Å². The number of rotatable bonds is 2. The van der Waals surface area contributed by atoms with E-state index >= 15 is 0 Å². The van der Waals surface area contributed by atoms with Crippen LogP contribution in [0.25, 0.3) is 10.8 Å². The van der Waals surface area contributed by atoms with E-state index in [0.29, 0.717) is 6.54 Å². The SMILES string of the molecule is FC(F)(F)C1(c2cc(Cl)cc(Cl)c2)CCN(c2ccc3ccccc3c2)C1. The van der Waals surface area contributed by atoms with Crippen LogP contribution in [0.4, 0.5) is 18.9 Å². The summed E-state index contributed by atoms with van der Waals surface area (Å²) in [5.41, 5.74) is -1.09. The van der Waals surface area contributed by atoms with Crippen molar-refractivity contribution in [1.29, 1.82) is 0 Å². The molecule has 1 aliphatic rings. The van der Waals surface area contributed by atoms with Crippen LogP contribution in [0.1, 0.15) is 12.0 Å². The molecule has 0 saturated carbocycles. The molecule has 0 bridgehead atoms. The Morgan fingerprint density at radius 1 is 0.852 bits per heavy atom. The standard InChI is InChI=1S/C21H16Cl2F3N/c22-17-10-16(11-18(23)12-17)20(21(24,25)26)7-8-27(13-20)19-6-5-14-3-1-2-4-15(14)9-19/h1-6,9-12H,7-8,13H2. The van der Waals surface area contributed by atoms with E-state index in [1.807, 2.05) is 42.5 Å². The summed E-state index contributed by atoms with van der Waals surface area (Å²) >= 11 is 12.0. The number of nitrogens with zero attached hydrogens (tertiary/aromatic N) is 1. The number of alkyl halides is 3. The van der Waals surface area contributed by atoms with Crippen LogP contribution in [0.3, 0.4) is 0 Å². The maximum atomic E-state index is 14.2. The lowest BCUT2D eigenvalue weighted by Gasteiger charge is -2.33. The minimum atomic E-state index is -4.41. The maximum Gasteiger partial charge on any atom is 0.400 e. The van der Waals surface area contributed by atoms with Gasteiger partial charge in [0, 0.05) is 28.8 Å². The molecular weight excluding hydrogens is 394 g/mol. The van der Waals surface area contributed by atoms with Crippen LogP contribution in [0.5, 0.6) is 0 Å². The molecule has 27 heavy (non-hydrogen) atoms. The molecule has 3 aromatic carbocycles. The van der Waals surface area contributed by atoms with Crippen LogP contribution in [0, 0.1) is 0 Å². The number of fused-ring (bicyclic) bond motifs is 1. The molecular formula is C21H16Cl2F3N. The Morgan fingerprint density at radius 2 is 1.52 bits per heavy atom. The van der Waals surface area contributed by atoms with Crippen LogP contribution in [-0.2, 0) is 5.41 Å². The second-order valence-electron chi connectivity index (χ2n) is 6.94. The third-order valence-electron chi connectivity index (χ3n) is 5.33. The van der Waals surface area contributed by atoms with Crippen LogP contribution < -0.4 is 4.90 Å². The molecule has 1 saturated heterocycles. The summed E-state index contributed by atoms with van der Waals surface area (Å²) < 4.78 is 42.6. The first-order valence-electron chi connectivity index (χ1n) is 8.56. The highest BCUT2D eigenvalue weighted by Gasteiger charge is 2.59. The molecule has 6 heteroatoms. The summed E-state index contributed by atoms with van der Waals surface area (Å²) in [4.78, 5) is 1.79. The molecule has 0 radical (unpaired) electrons. The van der Waals surface area contributed by atoms with Crippen molar-refractivity contribution in [2.45, 2.75) is 18.0 Å². The van der Waals surface area contributed by atoms with Gasteiger partial charge in [-0.2, -0.15) is 13.2 Å². The summed E-state index contributed by atoms with van der Waals surface area (Å²) in [6, 6.07) is 17.8. The fraction of sp³-hybridized carbons (Fsp3) is 0.238. The molecule has 1 nitrogen and oxygen atoms in total. The Bertz CT molecular complexity index is 982. The van der Waals surface area contributed by atoms with Crippen molar-refractivity contribution >= 4 is 39.7 Å². The molecule has 0 amide bonds. The second kappa shape index (κ2) is 6.61. The van der Waals surface area contributed by atoms with Gasteiger partial charge in [-0.25, -0.2) is 0 Å². The Kier molecular flexibility index (Phi) is 4.52. The van der Waals surface area contributed by atoms with E-state index in [4.69, 9.17) is 23.2 Å². The topological polar surface area (TPSA) is 3.24 Å². The van der Waals surface area contributed by atoms with Crippen LogP contribution in [0.15, 0.2) is 60.7 Å². The van der Waals surface area contributed by atoms with Gasteiger partial charge in [-0.05, 0) is 53.1 Å². The lowest BCUT2D eigenvalue weighted by atomic mass is 9.79. The zero-order chi connectivity index (χ0) is 19.2. The monoisotopic (exact) mass is 409 g/mol. The van der Waals surface area contributed by atoms with Crippen molar-refractivity contribution in [1.82, 2.24) is 0 Å². The fourth-order valence-corrected chi connectivity index (χ4v) is 4.39. The smallest absolute Gasteiger partial charge is 0.370 e.